The lowest BCUT2D eigenvalue weighted by molar-refractivity contribution is -0.121. The van der Waals surface area contributed by atoms with E-state index in [1.165, 1.54) is 77.0 Å². The van der Waals surface area contributed by atoms with Crippen LogP contribution in [0.1, 0.15) is 115 Å². The van der Waals surface area contributed by atoms with Crippen LogP contribution in [-0.2, 0) is 44.9 Å². The molecule has 0 aliphatic carbocycles. The van der Waals surface area contributed by atoms with Gasteiger partial charge in [-0.2, -0.15) is 0 Å². The summed E-state index contributed by atoms with van der Waals surface area (Å²) in [5, 5.41) is 8.32. The molecule has 0 fully saturated rings. The second kappa shape index (κ2) is 35.9. The van der Waals surface area contributed by atoms with E-state index in [1.54, 1.807) is 18.2 Å². The van der Waals surface area contributed by atoms with E-state index in [4.69, 9.17) is 76.3 Å². The van der Waals surface area contributed by atoms with Crippen LogP contribution < -0.4 is 92.2 Å². The number of carbonyl (C=O) groups is 8. The third-order valence-corrected chi connectivity index (χ3v) is 13.7. The molecule has 4 atom stereocenters. The van der Waals surface area contributed by atoms with Gasteiger partial charge in [0.05, 0.1) is 75.7 Å². The van der Waals surface area contributed by atoms with E-state index in [1.807, 2.05) is 0 Å². The fraction of sp³-hybridized carbons (Fsp3) is 0.407. The Hall–Kier alpha value is -10.4. The fourth-order valence-corrected chi connectivity index (χ4v) is 9.17. The summed E-state index contributed by atoms with van der Waals surface area (Å²) >= 11 is 0. The molecule has 89 heavy (non-hydrogen) atoms. The maximum atomic E-state index is 14.4. The van der Waals surface area contributed by atoms with Crippen molar-refractivity contribution in [2.75, 3.05) is 54.6 Å². The number of aliphatic imine (C=N–C) groups is 4. The molecule has 0 radical (unpaired) electrons. The number of pyridine rings is 1. The molecule has 0 aliphatic heterocycles. The number of nitrogens with two attached hydrogens (primary N) is 10. The van der Waals surface area contributed by atoms with Crippen LogP contribution >= 0.6 is 0 Å². The number of hydrogen-bond acceptors (Lipinski definition) is 18. The number of hydrogen-bond donors (Lipinski definition) is 13. The zero-order valence-electron chi connectivity index (χ0n) is 50.4. The Kier molecular flexibility index (Phi) is 28.7. The Morgan fingerprint density at radius 1 is 0.416 bits per heavy atom. The first kappa shape index (κ1) is 71.1. The van der Waals surface area contributed by atoms with Crippen LogP contribution in [0, 0.1) is 0 Å². The molecule has 0 bridgehead atoms. The summed E-state index contributed by atoms with van der Waals surface area (Å²) in [6.07, 6.45) is 0.618. The van der Waals surface area contributed by atoms with Gasteiger partial charge >= 0.3 is 0 Å². The number of guanidine groups is 4. The zero-order chi connectivity index (χ0) is 65.7. The maximum Gasteiger partial charge on any atom is 0.274 e. The molecular formula is C59H82N18O12. The highest BCUT2D eigenvalue weighted by Crippen LogP contribution is 2.26. The van der Waals surface area contributed by atoms with Crippen LogP contribution in [0.3, 0.4) is 0 Å². The first-order chi connectivity index (χ1) is 42.4. The van der Waals surface area contributed by atoms with Crippen molar-refractivity contribution in [2.24, 2.45) is 77.3 Å². The lowest BCUT2D eigenvalue weighted by Gasteiger charge is -2.20. The van der Waals surface area contributed by atoms with Crippen LogP contribution in [0.4, 0.5) is 0 Å². The average molecular weight is 1240 g/mol. The maximum absolute atomic E-state index is 14.4. The number of Topliss-reactive ketones (excluding diaryl/α,β-unsaturated/α-hetero) is 4. The SMILES string of the molecule is COc1ccc(CC(=O)[C@@H](CCCN=C(N)N)NC(=O)c2cc(CC(=O)[C@@H](CCCN=C(N)N)NC(=O)c3nc(CC(=O)[C@@H](CCCN=C(N)N)NC(=O)c4cc(CC(=O)[C@H](N)CCCN=C(N)N)ccc4OC)ccc3OC)ccc2OC)cc1C(N)=O. The number of benzene rings is 3. The Balaban J connectivity index is 1.60. The van der Waals surface area contributed by atoms with Gasteiger partial charge in [-0.3, -0.25) is 58.3 Å². The van der Waals surface area contributed by atoms with Crippen LogP contribution in [-0.4, -0.2) is 154 Å². The molecule has 1 aromatic heterocycles. The van der Waals surface area contributed by atoms with Crippen molar-refractivity contribution in [1.82, 2.24) is 20.9 Å². The Morgan fingerprint density at radius 3 is 1.11 bits per heavy atom. The van der Waals surface area contributed by atoms with Gasteiger partial charge in [0, 0.05) is 51.1 Å². The molecular weight excluding hydrogens is 1150 g/mol. The van der Waals surface area contributed by atoms with Gasteiger partial charge in [0.1, 0.15) is 23.0 Å². The number of amides is 4. The van der Waals surface area contributed by atoms with E-state index in [2.05, 4.69) is 40.9 Å². The van der Waals surface area contributed by atoms with Gasteiger partial charge in [0.25, 0.3) is 23.6 Å². The second-order valence-electron chi connectivity index (χ2n) is 20.4. The minimum absolute atomic E-state index is 0.0110. The minimum atomic E-state index is -1.22. The highest BCUT2D eigenvalue weighted by atomic mass is 16.5. The highest BCUT2D eigenvalue weighted by molar-refractivity contribution is 6.03. The molecule has 1 heterocycles. The van der Waals surface area contributed by atoms with Gasteiger partial charge < -0.3 is 92.2 Å². The minimum Gasteiger partial charge on any atom is -0.496 e. The van der Waals surface area contributed by atoms with Crippen LogP contribution in [0.5, 0.6) is 23.0 Å². The van der Waals surface area contributed by atoms with E-state index in [0.29, 0.717) is 36.1 Å². The number of ketones is 4. The molecule has 0 saturated heterocycles. The summed E-state index contributed by atoms with van der Waals surface area (Å²) in [6, 6.07) is 12.2. The summed E-state index contributed by atoms with van der Waals surface area (Å²) in [7, 11) is 5.37. The van der Waals surface area contributed by atoms with Crippen molar-refractivity contribution < 1.29 is 57.3 Å². The van der Waals surface area contributed by atoms with Crippen molar-refractivity contribution >= 4 is 70.6 Å². The van der Waals surface area contributed by atoms with Gasteiger partial charge in [0.15, 0.2) is 52.7 Å². The molecule has 30 nitrogen and oxygen atoms in total. The first-order valence-corrected chi connectivity index (χ1v) is 28.2. The summed E-state index contributed by atoms with van der Waals surface area (Å²) in [5.41, 5.74) is 56.9. The first-order valence-electron chi connectivity index (χ1n) is 28.2. The van der Waals surface area contributed by atoms with Gasteiger partial charge in [-0.25, -0.2) is 4.98 Å². The van der Waals surface area contributed by atoms with Crippen molar-refractivity contribution in [2.45, 2.75) is 101 Å². The standard InChI is InChI=1S/C59H82N18O12/c1-86-47-17-13-32(25-36(47)52(61)82)29-44(79)40(10-6-22-71-57(64)65)75-53(83)38-27-34(15-19-49(38)88-3)30-45(80)41(11-7-23-72-58(66)67)77-55(85)51-50(89-4)20-16-35(74-51)31-46(81)42(12-8-24-73-59(68)69)76-54(84)37-26-33(14-18-48(37)87-2)28-43(78)39(60)9-5-21-70-56(62)63/h13-20,25-27,39-42H,5-12,21-24,28-31,60H2,1-4H3,(H2,61,82)(H,75,83)(H,76,84)(H,77,85)(H4,62,63,70)(H4,64,65,71)(H4,66,67,72)(H4,68,69,73)/t39-,40-,41-,42-/m1/s1. The third-order valence-electron chi connectivity index (χ3n) is 13.7. The molecule has 0 unspecified atom stereocenters. The summed E-state index contributed by atoms with van der Waals surface area (Å²) < 4.78 is 21.8. The van der Waals surface area contributed by atoms with Crippen LogP contribution in [0.2, 0.25) is 0 Å². The molecule has 4 amide bonds. The van der Waals surface area contributed by atoms with E-state index < -0.39 is 71.6 Å². The summed E-state index contributed by atoms with van der Waals surface area (Å²) in [6.45, 7) is 0.639. The number of aromatic nitrogens is 1. The Labute approximate surface area is 514 Å². The molecule has 0 saturated carbocycles. The van der Waals surface area contributed by atoms with Crippen molar-refractivity contribution in [3.05, 3.63) is 111 Å². The number of rotatable bonds is 39. The monoisotopic (exact) mass is 1230 g/mol. The number of ether oxygens (including phenoxy) is 4. The van der Waals surface area contributed by atoms with Crippen molar-refractivity contribution in [1.29, 1.82) is 0 Å². The molecule has 3 aromatic carbocycles. The third kappa shape index (κ3) is 23.4. The largest absolute Gasteiger partial charge is 0.496 e. The van der Waals surface area contributed by atoms with E-state index in [-0.39, 0.29) is 158 Å². The number of carbonyl (C=O) groups excluding carboxylic acids is 8. The lowest BCUT2D eigenvalue weighted by Crippen LogP contribution is -2.43. The number of nitrogens with one attached hydrogen (secondary N) is 3. The Morgan fingerprint density at radius 2 is 0.742 bits per heavy atom. The van der Waals surface area contributed by atoms with Gasteiger partial charge in [-0.15, -0.1) is 0 Å². The molecule has 0 spiro atoms. The topological polar surface area (TPSA) is 532 Å². The average Bonchev–Trinajstić information content (AvgIpc) is 2.33. The molecule has 0 aliphatic rings. The number of nitrogens with zero attached hydrogens (tertiary/aromatic N) is 5. The lowest BCUT2D eigenvalue weighted by atomic mass is 9.96. The predicted octanol–water partition coefficient (Wildman–Crippen LogP) is -1.40. The van der Waals surface area contributed by atoms with Crippen molar-refractivity contribution in [3.8, 4) is 23.0 Å². The molecule has 4 aromatic rings. The molecule has 4 rings (SSSR count). The number of primary amides is 1. The fourth-order valence-electron chi connectivity index (χ4n) is 9.17. The molecule has 30 heteroatoms. The van der Waals surface area contributed by atoms with Crippen LogP contribution in [0.25, 0.3) is 0 Å². The molecule has 480 valence electrons. The van der Waals surface area contributed by atoms with Crippen LogP contribution in [0.15, 0.2) is 86.7 Å². The summed E-state index contributed by atoms with van der Waals surface area (Å²) in [5.74, 6) is -4.96. The van der Waals surface area contributed by atoms with Gasteiger partial charge in [0.2, 0.25) is 0 Å². The number of methoxy groups -OCH3 is 4. The van der Waals surface area contributed by atoms with Gasteiger partial charge in [-0.1, -0.05) is 18.2 Å². The van der Waals surface area contributed by atoms with E-state index in [9.17, 15) is 38.4 Å². The second-order valence-corrected chi connectivity index (χ2v) is 20.4. The van der Waals surface area contributed by atoms with Crippen molar-refractivity contribution in [3.63, 3.8) is 0 Å². The quantitative estimate of drug-likeness (QED) is 0.0139. The zero-order valence-corrected chi connectivity index (χ0v) is 50.4. The normalized spacial score (nSPS) is 12.1. The predicted molar refractivity (Wildman–Crippen MR) is 335 cm³/mol. The Bertz CT molecular complexity index is 3280. The van der Waals surface area contributed by atoms with E-state index >= 15 is 0 Å². The highest BCUT2D eigenvalue weighted by Gasteiger charge is 2.29. The van der Waals surface area contributed by atoms with Gasteiger partial charge in [-0.05, 0) is 117 Å². The van der Waals surface area contributed by atoms with E-state index in [0.717, 1.165) is 0 Å². The molecule has 23 N–H and O–H groups in total. The summed E-state index contributed by atoms with van der Waals surface area (Å²) in [4.78, 5) is 131. The smallest absolute Gasteiger partial charge is 0.274 e.